The number of H-pyrrole nitrogens is 5. The molecule has 0 aliphatic carbocycles. The monoisotopic (exact) mass is 1910 g/mol. The molecule has 3 aliphatic rings. The topological polar surface area (TPSA) is 732 Å². The van der Waals surface area contributed by atoms with Crippen molar-refractivity contribution in [2.45, 2.75) is 129 Å². The smallest absolute Gasteiger partial charge is 0.520 e. The molecule has 5 aromatic carbocycles. The number of hydrogen-bond acceptors (Lipinski definition) is 30. The van der Waals surface area contributed by atoms with Gasteiger partial charge in [-0.2, -0.15) is 4.99 Å². The van der Waals surface area contributed by atoms with E-state index in [1.54, 1.807) is 20.8 Å². The van der Waals surface area contributed by atoms with Crippen molar-refractivity contribution in [2.75, 3.05) is 79.8 Å². The van der Waals surface area contributed by atoms with Gasteiger partial charge in [0.15, 0.2) is 0 Å². The van der Waals surface area contributed by atoms with E-state index >= 15 is 0 Å². The molecule has 0 radical (unpaired) electrons. The second kappa shape index (κ2) is 54.5. The summed E-state index contributed by atoms with van der Waals surface area (Å²) in [6.45, 7) is 6.68. The van der Waals surface area contributed by atoms with Gasteiger partial charge in [0, 0.05) is 61.3 Å². The van der Waals surface area contributed by atoms with E-state index in [0.717, 1.165) is 76.6 Å². The Morgan fingerprint density at radius 3 is 1.12 bits per heavy atom. The molecule has 3 fully saturated rings. The first kappa shape index (κ1) is 108. The summed E-state index contributed by atoms with van der Waals surface area (Å²) in [5.74, 6) is -6.28. The number of hydrogen-bond donors (Lipinski definition) is 16. The minimum Gasteiger partial charge on any atom is -0.564 e. The van der Waals surface area contributed by atoms with Gasteiger partial charge in [0.25, 0.3) is 17.7 Å². The Morgan fingerprint density at radius 2 is 0.810 bits per heavy atom. The van der Waals surface area contributed by atoms with Crippen LogP contribution in [0, 0.1) is 17.8 Å². The number of para-hydroxylation sites is 10. The van der Waals surface area contributed by atoms with Crippen LogP contribution >= 0.6 is 0 Å². The maximum absolute atomic E-state index is 12.4. The molecule has 49 nitrogen and oxygen atoms in total. The Bertz CT molecular complexity index is 5630. The van der Waals surface area contributed by atoms with E-state index in [9.17, 15) is 86.3 Å². The lowest BCUT2D eigenvalue weighted by molar-refractivity contribution is -0.143. The number of benzene rings is 5. The summed E-state index contributed by atoms with van der Waals surface area (Å²) in [7, 11) is 2.58. The summed E-state index contributed by atoms with van der Waals surface area (Å²) in [5, 5.41) is 48.3. The number of carboxylic acid groups (broad SMARTS) is 2. The molecule has 732 valence electrons. The first-order valence-electron chi connectivity index (χ1n) is 43.0. The summed E-state index contributed by atoms with van der Waals surface area (Å²) in [6.07, 6.45) is 5.58. The van der Waals surface area contributed by atoms with Gasteiger partial charge in [0.2, 0.25) is 17.9 Å². The number of carbonyl (C=O) groups excluding carboxylic acids is 16. The molecule has 0 saturated carbocycles. The SMILES string of the molecule is CCOC(=O)CN=C=O.CCOC(=O)CNC(=O)N[C@@H](CCc1nc2ccccc2[nH]1)C(=O)OC.COC(=O)[C@@H](N)CCc1nc2ccccc2[nH]1.C[C@@H](CN)C(=O)[OH2+].C[C@@H](CNC(=O)CN1C(=O)N[C@@H](CCc2nc3ccccc3[nH]2)C1=O)C(=O)O.C[C@@H](CNC(=O)CN1C(=O)N[C@@H](CCc2nc3ccccc3[nH]2)C1=O)C(=O)[OH2+].O=C(O)CN1C(=O)N[C@@H](CCc2nc3ccccc3[nH]2)C1=O. The van der Waals surface area contributed by atoms with E-state index < -0.39 is 157 Å². The molecule has 13 amide bonds. The molecular weight excluding hydrogens is 1800 g/mol. The second-order valence-corrected chi connectivity index (χ2v) is 30.5. The molecular formula is C88H111N23O26+2. The third kappa shape index (κ3) is 34.6. The number of methoxy groups -OCH3 is 2. The Morgan fingerprint density at radius 1 is 0.474 bits per heavy atom. The molecule has 10 aromatic rings. The van der Waals surface area contributed by atoms with Gasteiger partial charge in [-0.15, -0.1) is 0 Å². The zero-order valence-corrected chi connectivity index (χ0v) is 75.9. The predicted molar refractivity (Wildman–Crippen MR) is 488 cm³/mol. The van der Waals surface area contributed by atoms with Crippen LogP contribution in [0.3, 0.4) is 0 Å². The highest BCUT2D eigenvalue weighted by molar-refractivity contribution is 6.08. The third-order valence-electron chi connectivity index (χ3n) is 20.2. The number of isocyanates is 1. The Hall–Kier alpha value is -16.5. The Kier molecular flexibility index (Phi) is 42.8. The number of aromatic amines is 5. The molecule has 13 rings (SSSR count). The maximum atomic E-state index is 12.4. The van der Waals surface area contributed by atoms with Gasteiger partial charge in [0.1, 0.15) is 104 Å². The van der Waals surface area contributed by atoms with Crippen LogP contribution in [0.4, 0.5) is 19.2 Å². The number of nitrogens with two attached hydrogens (primary N) is 2. The number of nitrogens with zero attached hydrogens (tertiary/aromatic N) is 9. The number of rotatable bonds is 38. The minimum absolute atomic E-state index is 0.0136. The second-order valence-electron chi connectivity index (χ2n) is 30.5. The van der Waals surface area contributed by atoms with Crippen molar-refractivity contribution in [3.8, 4) is 0 Å². The van der Waals surface area contributed by atoms with Crippen LogP contribution in [-0.2, 0) is 118 Å². The summed E-state index contributed by atoms with van der Waals surface area (Å²) < 4.78 is 18.4. The van der Waals surface area contributed by atoms with E-state index in [2.05, 4.69) is 102 Å². The van der Waals surface area contributed by atoms with Crippen molar-refractivity contribution in [2.24, 2.45) is 34.2 Å². The molecule has 8 atom stereocenters. The molecule has 0 bridgehead atoms. The minimum atomic E-state index is -1.22. The molecule has 3 saturated heterocycles. The van der Waals surface area contributed by atoms with Crippen LogP contribution < -0.4 is 48.7 Å². The van der Waals surface area contributed by atoms with Crippen LogP contribution in [0.1, 0.15) is 95.8 Å². The van der Waals surface area contributed by atoms with Crippen molar-refractivity contribution in [3.63, 3.8) is 0 Å². The summed E-state index contributed by atoms with van der Waals surface area (Å²) in [5.41, 5.74) is 19.5. The van der Waals surface area contributed by atoms with Crippen molar-refractivity contribution < 1.29 is 126 Å². The van der Waals surface area contributed by atoms with E-state index in [1.807, 2.05) is 121 Å². The van der Waals surface area contributed by atoms with Gasteiger partial charge in [0.05, 0.1) is 88.5 Å². The van der Waals surface area contributed by atoms with E-state index in [1.165, 1.54) is 34.1 Å². The molecule has 0 spiro atoms. The highest BCUT2D eigenvalue weighted by Gasteiger charge is 2.42. The van der Waals surface area contributed by atoms with E-state index in [0.29, 0.717) is 93.2 Å². The maximum Gasteiger partial charge on any atom is 0.520 e. The number of urea groups is 4. The fraction of sp³-hybridized carbons (Fsp3) is 0.398. The van der Waals surface area contributed by atoms with E-state index in [-0.39, 0.29) is 51.2 Å². The summed E-state index contributed by atoms with van der Waals surface area (Å²) >= 11 is 0. The zero-order chi connectivity index (χ0) is 100. The predicted octanol–water partition coefficient (Wildman–Crippen LogP) is 0.786. The number of carbonyl (C=O) groups is 17. The fourth-order valence-corrected chi connectivity index (χ4v) is 12.7. The van der Waals surface area contributed by atoms with Crippen molar-refractivity contribution in [1.82, 2.24) is 102 Å². The number of esters is 4. The number of fused-ring (bicyclic) bond motifs is 5. The van der Waals surface area contributed by atoms with E-state index in [4.69, 9.17) is 41.4 Å². The lowest BCUT2D eigenvalue weighted by atomic mass is 10.1. The van der Waals surface area contributed by atoms with Crippen LogP contribution in [-0.4, -0.2) is 302 Å². The van der Waals surface area contributed by atoms with Crippen LogP contribution in [0.5, 0.6) is 0 Å². The number of imidazole rings is 5. The average molecular weight is 1910 g/mol. The highest BCUT2D eigenvalue weighted by Crippen LogP contribution is 2.21. The van der Waals surface area contributed by atoms with Crippen LogP contribution in [0.25, 0.3) is 55.2 Å². The first-order chi connectivity index (χ1) is 65.5. The number of aryl methyl sites for hydroxylation is 5. The molecule has 3 aliphatic heterocycles. The number of aliphatic carboxylic acids is 2. The number of imide groups is 3. The van der Waals surface area contributed by atoms with Crippen LogP contribution in [0.15, 0.2) is 126 Å². The number of ether oxygens (including phenoxy) is 4. The molecule has 137 heavy (non-hydrogen) atoms. The molecule has 0 unspecified atom stereocenters. The molecule has 5 aromatic heterocycles. The molecule has 8 heterocycles. The van der Waals surface area contributed by atoms with Crippen molar-refractivity contribution >= 4 is 163 Å². The van der Waals surface area contributed by atoms with Gasteiger partial charge in [-0.05, 0) is 120 Å². The third-order valence-corrected chi connectivity index (χ3v) is 20.2. The summed E-state index contributed by atoms with van der Waals surface area (Å²) in [4.78, 5) is 248. The number of nitrogens with one attached hydrogen (secondary N) is 12. The average Bonchev–Trinajstić information content (AvgIpc) is 1.68. The molecule has 22 N–H and O–H groups in total. The van der Waals surface area contributed by atoms with Crippen LogP contribution in [0.2, 0.25) is 0 Å². The van der Waals surface area contributed by atoms with Gasteiger partial charge in [-0.25, -0.2) is 53.7 Å². The lowest BCUT2D eigenvalue weighted by Crippen LogP contribution is -2.48. The molecule has 49 heteroatoms. The Labute approximate surface area is 780 Å². The largest absolute Gasteiger partial charge is 0.564 e. The quantitative estimate of drug-likeness (QED) is 0.00635. The van der Waals surface area contributed by atoms with Crippen molar-refractivity contribution in [1.29, 1.82) is 0 Å². The first-order valence-corrected chi connectivity index (χ1v) is 43.0. The zero-order valence-electron chi connectivity index (χ0n) is 75.9. The number of aromatic nitrogens is 10. The lowest BCUT2D eigenvalue weighted by Gasteiger charge is -2.16. The van der Waals surface area contributed by atoms with Gasteiger partial charge in [-0.1, -0.05) is 67.6 Å². The van der Waals surface area contributed by atoms with Gasteiger partial charge in [-0.3, -0.25) is 62.6 Å². The van der Waals surface area contributed by atoms with Gasteiger partial charge >= 0.3 is 71.9 Å². The number of amides is 13. The highest BCUT2D eigenvalue weighted by atomic mass is 16.5. The Balaban J connectivity index is 0.000000225. The number of carboxylic acids is 2. The normalized spacial score (nSPS) is 15.0. The summed E-state index contributed by atoms with van der Waals surface area (Å²) in [6, 6.07) is 31.9. The fourth-order valence-electron chi connectivity index (χ4n) is 12.7. The number of aliphatic imine (C=N–C) groups is 1. The van der Waals surface area contributed by atoms with Gasteiger partial charge < -0.3 is 113 Å². The van der Waals surface area contributed by atoms with Crippen molar-refractivity contribution in [3.05, 3.63) is 150 Å². The standard InChI is InChI=1S/2C18H21N5O5.C17H22N4O5.C14H14N4O4.C12H15N3O2.C5H7NO3.C4H9NO2/c2*1-10(17(26)27)8-19-15(24)9-23-16(25)13(22-18(23)28)6-7-14-20-11-4-2-3-5-12(11)21-14;1-3-26-15(22)10-18-17(24)21-13(16(23)25-2)8-9-14-19-11-6-4-5-7-12(11)20-14;19-12(20)7-18-13(21)10(17-14(18)22)5-6-11-15-8-3-1-2-4-9(8)16-11;1-17-12(16)8(13)6-7-11-14-9-4-2-3-5-10(9)15-11;1-2-9-5(8)3-6-4-7;1-3(2-5)4(6)7/h2*2-5,10,13H,6-9H2,1H3,(H,19,24)(H,20,21)(H,22,28)(H,26,27);4-7,13H,3,8-10H2,1-2H3,(H,19,20)(H2,18,21,24);1-4,10H,5-7H2,(H,15,16)(H,17,22)(H,19,20);2-5,8H,6-7,13H2,1H3,(H,14,15);2-3H2,1H3;3H,2,5H2,1H3,(H,6,7)/p+2/t2*10-,13-;13-;10-;8-;;3-/m00000.0/s1.